The molecule has 0 nitrogen and oxygen atoms in total. The van der Waals surface area contributed by atoms with E-state index in [0.29, 0.717) is 17.7 Å². The fourth-order valence-electron chi connectivity index (χ4n) is 2.18. The molecule has 96 valence electrons. The number of benzene rings is 1. The molecule has 0 aromatic heterocycles. The van der Waals surface area contributed by atoms with Gasteiger partial charge in [0.15, 0.2) is 0 Å². The number of hydrogen-bond acceptors (Lipinski definition) is 0. The molecule has 0 spiro atoms. The molecule has 0 bridgehead atoms. The third-order valence-electron chi connectivity index (χ3n) is 3.43. The lowest BCUT2D eigenvalue weighted by Crippen LogP contribution is -2.32. The summed E-state index contributed by atoms with van der Waals surface area (Å²) in [4.78, 5) is 0. The SMILES string of the molecule is Cc1ccccc1C(CCl)(CCl)CCC(C)C. The Morgan fingerprint density at radius 1 is 1.12 bits per heavy atom. The van der Waals surface area contributed by atoms with Gasteiger partial charge in [0.05, 0.1) is 0 Å². The number of halogens is 2. The van der Waals surface area contributed by atoms with Crippen molar-refractivity contribution in [3.05, 3.63) is 35.4 Å². The van der Waals surface area contributed by atoms with Crippen LogP contribution in [0.3, 0.4) is 0 Å². The van der Waals surface area contributed by atoms with Gasteiger partial charge in [0.25, 0.3) is 0 Å². The van der Waals surface area contributed by atoms with Crippen LogP contribution in [-0.4, -0.2) is 11.8 Å². The molecule has 1 rings (SSSR count). The summed E-state index contributed by atoms with van der Waals surface area (Å²) in [5.41, 5.74) is 2.53. The topological polar surface area (TPSA) is 0 Å². The summed E-state index contributed by atoms with van der Waals surface area (Å²) >= 11 is 12.5. The van der Waals surface area contributed by atoms with E-state index >= 15 is 0 Å². The molecule has 0 fully saturated rings. The fourth-order valence-corrected chi connectivity index (χ4v) is 3.02. The minimum Gasteiger partial charge on any atom is -0.126 e. The van der Waals surface area contributed by atoms with E-state index in [2.05, 4.69) is 45.0 Å². The molecule has 0 aliphatic rings. The standard InChI is InChI=1S/C15H22Cl2/c1-12(2)8-9-15(10-16,11-17)14-7-5-4-6-13(14)3/h4-7,12H,8-11H2,1-3H3. The van der Waals surface area contributed by atoms with Crippen molar-refractivity contribution in [2.24, 2.45) is 5.92 Å². The van der Waals surface area contributed by atoms with E-state index in [1.807, 2.05) is 0 Å². The predicted molar refractivity (Wildman–Crippen MR) is 78.4 cm³/mol. The Kier molecular flexibility index (Phi) is 5.82. The lowest BCUT2D eigenvalue weighted by atomic mass is 9.77. The van der Waals surface area contributed by atoms with Crippen molar-refractivity contribution in [1.29, 1.82) is 0 Å². The number of rotatable bonds is 6. The largest absolute Gasteiger partial charge is 0.126 e. The van der Waals surface area contributed by atoms with Gasteiger partial charge >= 0.3 is 0 Å². The summed E-state index contributed by atoms with van der Waals surface area (Å²) in [6.45, 7) is 6.62. The fraction of sp³-hybridized carbons (Fsp3) is 0.600. The first-order chi connectivity index (χ1) is 8.05. The van der Waals surface area contributed by atoms with Crippen LogP contribution in [0.1, 0.15) is 37.8 Å². The second-order valence-electron chi connectivity index (χ2n) is 5.30. The van der Waals surface area contributed by atoms with Crippen molar-refractivity contribution in [3.63, 3.8) is 0 Å². The number of aryl methyl sites for hydroxylation is 1. The molecule has 17 heavy (non-hydrogen) atoms. The smallest absolute Gasteiger partial charge is 0.0332 e. The summed E-state index contributed by atoms with van der Waals surface area (Å²) in [7, 11) is 0. The molecule has 0 amide bonds. The minimum atomic E-state index is -0.0707. The maximum absolute atomic E-state index is 6.23. The average molecular weight is 273 g/mol. The van der Waals surface area contributed by atoms with Crippen molar-refractivity contribution >= 4 is 23.2 Å². The van der Waals surface area contributed by atoms with Crippen LogP contribution >= 0.6 is 23.2 Å². The Labute approximate surface area is 115 Å². The van der Waals surface area contributed by atoms with Gasteiger partial charge in [-0.05, 0) is 30.4 Å². The van der Waals surface area contributed by atoms with Crippen molar-refractivity contribution in [2.45, 2.75) is 39.0 Å². The zero-order valence-corrected chi connectivity index (χ0v) is 12.5. The maximum Gasteiger partial charge on any atom is 0.0332 e. The normalized spacial score (nSPS) is 12.1. The molecule has 0 atom stereocenters. The summed E-state index contributed by atoms with van der Waals surface area (Å²) in [6, 6.07) is 8.44. The highest BCUT2D eigenvalue weighted by Crippen LogP contribution is 2.35. The molecule has 0 N–H and O–H groups in total. The van der Waals surface area contributed by atoms with E-state index in [4.69, 9.17) is 23.2 Å². The van der Waals surface area contributed by atoms with Gasteiger partial charge in [0, 0.05) is 17.2 Å². The van der Waals surface area contributed by atoms with Gasteiger partial charge in [-0.1, -0.05) is 44.5 Å². The third-order valence-corrected chi connectivity index (χ3v) is 4.45. The Balaban J connectivity index is 3.02. The van der Waals surface area contributed by atoms with E-state index in [1.54, 1.807) is 0 Å². The first kappa shape index (κ1) is 14.9. The van der Waals surface area contributed by atoms with Crippen molar-refractivity contribution in [1.82, 2.24) is 0 Å². The Morgan fingerprint density at radius 2 is 1.71 bits per heavy atom. The summed E-state index contributed by atoms with van der Waals surface area (Å²) in [5, 5.41) is 0. The van der Waals surface area contributed by atoms with E-state index in [1.165, 1.54) is 11.1 Å². The zero-order valence-electron chi connectivity index (χ0n) is 11.0. The third kappa shape index (κ3) is 3.63. The molecule has 1 aromatic rings. The molecule has 0 radical (unpaired) electrons. The molecule has 0 aliphatic heterocycles. The summed E-state index contributed by atoms with van der Waals surface area (Å²) in [6.07, 6.45) is 2.22. The van der Waals surface area contributed by atoms with Crippen LogP contribution in [-0.2, 0) is 5.41 Å². The number of hydrogen-bond donors (Lipinski definition) is 0. The van der Waals surface area contributed by atoms with Gasteiger partial charge in [-0.25, -0.2) is 0 Å². The summed E-state index contributed by atoms with van der Waals surface area (Å²) < 4.78 is 0. The molecular formula is C15H22Cl2. The highest BCUT2D eigenvalue weighted by Gasteiger charge is 2.31. The maximum atomic E-state index is 6.23. The molecular weight excluding hydrogens is 251 g/mol. The molecule has 0 heterocycles. The van der Waals surface area contributed by atoms with Gasteiger partial charge in [-0.15, -0.1) is 23.2 Å². The second-order valence-corrected chi connectivity index (χ2v) is 5.83. The Morgan fingerprint density at radius 3 is 2.18 bits per heavy atom. The van der Waals surface area contributed by atoms with Gasteiger partial charge < -0.3 is 0 Å². The minimum absolute atomic E-state index is 0.0707. The first-order valence-electron chi connectivity index (χ1n) is 6.24. The molecule has 1 aromatic carbocycles. The molecule has 2 heteroatoms. The van der Waals surface area contributed by atoms with E-state index < -0.39 is 0 Å². The van der Waals surface area contributed by atoms with E-state index in [-0.39, 0.29) is 5.41 Å². The van der Waals surface area contributed by atoms with Crippen LogP contribution in [0, 0.1) is 12.8 Å². The van der Waals surface area contributed by atoms with E-state index in [0.717, 1.165) is 12.8 Å². The highest BCUT2D eigenvalue weighted by atomic mass is 35.5. The number of alkyl halides is 2. The van der Waals surface area contributed by atoms with Crippen molar-refractivity contribution in [3.8, 4) is 0 Å². The molecule has 0 saturated carbocycles. The van der Waals surface area contributed by atoms with Crippen LogP contribution in [0.4, 0.5) is 0 Å². The van der Waals surface area contributed by atoms with Gasteiger partial charge in [0.1, 0.15) is 0 Å². The van der Waals surface area contributed by atoms with Gasteiger partial charge in [0.2, 0.25) is 0 Å². The monoisotopic (exact) mass is 272 g/mol. The lowest BCUT2D eigenvalue weighted by Gasteiger charge is -2.32. The Bertz CT molecular complexity index is 341. The Hall–Kier alpha value is -0.200. The van der Waals surface area contributed by atoms with Crippen molar-refractivity contribution in [2.75, 3.05) is 11.8 Å². The van der Waals surface area contributed by atoms with Gasteiger partial charge in [-0.3, -0.25) is 0 Å². The van der Waals surface area contributed by atoms with Crippen LogP contribution in [0.15, 0.2) is 24.3 Å². The molecule has 0 aliphatic carbocycles. The predicted octanol–water partition coefficient (Wildman–Crippen LogP) is 5.15. The van der Waals surface area contributed by atoms with Crippen LogP contribution in [0.5, 0.6) is 0 Å². The summed E-state index contributed by atoms with van der Waals surface area (Å²) in [5.74, 6) is 1.87. The van der Waals surface area contributed by atoms with Crippen LogP contribution in [0.2, 0.25) is 0 Å². The molecule has 0 unspecified atom stereocenters. The zero-order chi connectivity index (χ0) is 12.9. The lowest BCUT2D eigenvalue weighted by molar-refractivity contribution is 0.421. The van der Waals surface area contributed by atoms with Gasteiger partial charge in [-0.2, -0.15) is 0 Å². The quantitative estimate of drug-likeness (QED) is 0.629. The first-order valence-corrected chi connectivity index (χ1v) is 7.30. The van der Waals surface area contributed by atoms with Crippen LogP contribution < -0.4 is 0 Å². The van der Waals surface area contributed by atoms with Crippen LogP contribution in [0.25, 0.3) is 0 Å². The van der Waals surface area contributed by atoms with Crippen molar-refractivity contribution < 1.29 is 0 Å². The average Bonchev–Trinajstić information content (AvgIpc) is 2.32. The highest BCUT2D eigenvalue weighted by molar-refractivity contribution is 6.22. The van der Waals surface area contributed by atoms with E-state index in [9.17, 15) is 0 Å². The second kappa shape index (κ2) is 6.66. The molecule has 0 saturated heterocycles.